The van der Waals surface area contributed by atoms with Crippen LogP contribution in [0.25, 0.3) is 0 Å². The zero-order valence-electron chi connectivity index (χ0n) is 13.1. The third-order valence-electron chi connectivity index (χ3n) is 4.66. The highest BCUT2D eigenvalue weighted by Crippen LogP contribution is 2.47. The highest BCUT2D eigenvalue weighted by molar-refractivity contribution is 5.74. The molecule has 0 aromatic heterocycles. The summed E-state index contributed by atoms with van der Waals surface area (Å²) in [7, 11) is 1.67. The fourth-order valence-electron chi connectivity index (χ4n) is 2.99. The molecule has 2 fully saturated rings. The first kappa shape index (κ1) is 15.2. The Morgan fingerprint density at radius 1 is 1.32 bits per heavy atom. The van der Waals surface area contributed by atoms with Crippen molar-refractivity contribution in [3.05, 3.63) is 29.8 Å². The molecule has 1 aliphatic carbocycles. The highest BCUT2D eigenvalue weighted by Gasteiger charge is 2.44. The van der Waals surface area contributed by atoms with Crippen molar-refractivity contribution in [2.75, 3.05) is 26.8 Å². The number of carbonyl (C=O) groups excluding carboxylic acids is 1. The quantitative estimate of drug-likeness (QED) is 0.847. The van der Waals surface area contributed by atoms with Crippen LogP contribution in [0.5, 0.6) is 5.75 Å². The summed E-state index contributed by atoms with van der Waals surface area (Å²) >= 11 is 0. The number of urea groups is 1. The van der Waals surface area contributed by atoms with E-state index in [1.54, 1.807) is 7.11 Å². The van der Waals surface area contributed by atoms with Gasteiger partial charge in [-0.3, -0.25) is 0 Å². The van der Waals surface area contributed by atoms with E-state index in [-0.39, 0.29) is 17.6 Å². The van der Waals surface area contributed by atoms with Gasteiger partial charge in [0.05, 0.1) is 13.2 Å². The van der Waals surface area contributed by atoms with Gasteiger partial charge >= 0.3 is 6.03 Å². The maximum absolute atomic E-state index is 11.9. The van der Waals surface area contributed by atoms with Gasteiger partial charge in [-0.15, -0.1) is 0 Å². The molecule has 2 amide bonds. The first-order valence-electron chi connectivity index (χ1n) is 8.00. The molecule has 1 aromatic carbocycles. The Balaban J connectivity index is 1.46. The van der Waals surface area contributed by atoms with E-state index in [1.807, 2.05) is 12.1 Å². The zero-order valence-corrected chi connectivity index (χ0v) is 13.1. The maximum Gasteiger partial charge on any atom is 0.314 e. The Hall–Kier alpha value is -1.75. The van der Waals surface area contributed by atoms with Crippen molar-refractivity contribution >= 4 is 6.03 Å². The fraction of sp³-hybridized carbons (Fsp3) is 0.588. The van der Waals surface area contributed by atoms with E-state index in [4.69, 9.17) is 9.47 Å². The SMILES string of the molecule is COc1ccc(C2(CNC(=O)NCC3CCCO3)CC2)cc1. The number of ether oxygens (including phenoxy) is 2. The largest absolute Gasteiger partial charge is 0.497 e. The van der Waals surface area contributed by atoms with Crippen molar-refractivity contribution in [3.8, 4) is 5.75 Å². The summed E-state index contributed by atoms with van der Waals surface area (Å²) in [6, 6.07) is 8.05. The summed E-state index contributed by atoms with van der Waals surface area (Å²) in [6.07, 6.45) is 4.55. The smallest absolute Gasteiger partial charge is 0.314 e. The molecule has 22 heavy (non-hydrogen) atoms. The summed E-state index contributed by atoms with van der Waals surface area (Å²) in [6.45, 7) is 2.09. The Labute approximate surface area is 131 Å². The lowest BCUT2D eigenvalue weighted by molar-refractivity contribution is 0.111. The van der Waals surface area contributed by atoms with E-state index in [2.05, 4.69) is 22.8 Å². The van der Waals surface area contributed by atoms with Crippen molar-refractivity contribution in [1.29, 1.82) is 0 Å². The molecule has 1 aliphatic heterocycles. The molecule has 1 saturated heterocycles. The minimum absolute atomic E-state index is 0.102. The van der Waals surface area contributed by atoms with Gasteiger partial charge < -0.3 is 20.1 Å². The molecule has 120 valence electrons. The Kier molecular flexibility index (Phi) is 4.52. The van der Waals surface area contributed by atoms with Gasteiger partial charge in [-0.1, -0.05) is 12.1 Å². The second-order valence-electron chi connectivity index (χ2n) is 6.21. The molecule has 2 aliphatic rings. The zero-order chi connectivity index (χ0) is 15.4. The summed E-state index contributed by atoms with van der Waals surface area (Å²) in [5.74, 6) is 0.863. The first-order chi connectivity index (χ1) is 10.7. The third-order valence-corrected chi connectivity index (χ3v) is 4.66. The lowest BCUT2D eigenvalue weighted by Crippen LogP contribution is -2.42. The molecule has 1 saturated carbocycles. The average Bonchev–Trinajstić information content (AvgIpc) is 3.17. The van der Waals surface area contributed by atoms with E-state index in [0.717, 1.165) is 38.0 Å². The van der Waals surface area contributed by atoms with Crippen molar-refractivity contribution in [1.82, 2.24) is 10.6 Å². The lowest BCUT2D eigenvalue weighted by Gasteiger charge is -2.18. The van der Waals surface area contributed by atoms with Crippen LogP contribution in [-0.4, -0.2) is 38.9 Å². The van der Waals surface area contributed by atoms with E-state index in [1.165, 1.54) is 5.56 Å². The van der Waals surface area contributed by atoms with Crippen LogP contribution in [0.1, 0.15) is 31.2 Å². The van der Waals surface area contributed by atoms with Gasteiger partial charge in [-0.25, -0.2) is 4.79 Å². The number of methoxy groups -OCH3 is 1. The number of hydrogen-bond acceptors (Lipinski definition) is 3. The molecule has 2 N–H and O–H groups in total. The van der Waals surface area contributed by atoms with Gasteiger partial charge in [0.25, 0.3) is 0 Å². The fourth-order valence-corrected chi connectivity index (χ4v) is 2.99. The Morgan fingerprint density at radius 2 is 2.09 bits per heavy atom. The molecular weight excluding hydrogens is 280 g/mol. The first-order valence-corrected chi connectivity index (χ1v) is 8.00. The van der Waals surface area contributed by atoms with Crippen molar-refractivity contribution in [3.63, 3.8) is 0 Å². The van der Waals surface area contributed by atoms with Crippen molar-refractivity contribution in [2.45, 2.75) is 37.2 Å². The summed E-state index contributed by atoms with van der Waals surface area (Å²) in [5.41, 5.74) is 1.38. The molecule has 0 bridgehead atoms. The molecule has 0 spiro atoms. The van der Waals surface area contributed by atoms with Gasteiger partial charge in [0.2, 0.25) is 0 Å². The normalized spacial score (nSPS) is 22.1. The topological polar surface area (TPSA) is 59.6 Å². The number of benzene rings is 1. The van der Waals surface area contributed by atoms with Gasteiger partial charge in [-0.05, 0) is 43.4 Å². The third kappa shape index (κ3) is 3.53. The van der Waals surface area contributed by atoms with E-state index in [9.17, 15) is 4.79 Å². The van der Waals surface area contributed by atoms with Gasteiger partial charge in [0.15, 0.2) is 0 Å². The molecule has 1 heterocycles. The highest BCUT2D eigenvalue weighted by atomic mass is 16.5. The van der Waals surface area contributed by atoms with Crippen molar-refractivity contribution in [2.24, 2.45) is 0 Å². The molecular formula is C17H24N2O3. The maximum atomic E-state index is 11.9. The van der Waals surface area contributed by atoms with Crippen LogP contribution in [0.15, 0.2) is 24.3 Å². The van der Waals surface area contributed by atoms with Crippen LogP contribution in [-0.2, 0) is 10.2 Å². The Morgan fingerprint density at radius 3 is 2.68 bits per heavy atom. The van der Waals surface area contributed by atoms with Crippen LogP contribution in [0.3, 0.4) is 0 Å². The lowest BCUT2D eigenvalue weighted by atomic mass is 9.96. The van der Waals surface area contributed by atoms with Gasteiger partial charge in [-0.2, -0.15) is 0 Å². The second kappa shape index (κ2) is 6.57. The molecule has 5 heteroatoms. The van der Waals surface area contributed by atoms with Crippen LogP contribution >= 0.6 is 0 Å². The van der Waals surface area contributed by atoms with Crippen LogP contribution in [0, 0.1) is 0 Å². The Bertz CT molecular complexity index is 505. The number of rotatable bonds is 6. The molecule has 5 nitrogen and oxygen atoms in total. The summed E-state index contributed by atoms with van der Waals surface area (Å²) in [4.78, 5) is 11.9. The second-order valence-corrected chi connectivity index (χ2v) is 6.21. The summed E-state index contributed by atoms with van der Waals surface area (Å²) in [5, 5.41) is 5.90. The van der Waals surface area contributed by atoms with Crippen molar-refractivity contribution < 1.29 is 14.3 Å². The number of hydrogen-bond donors (Lipinski definition) is 2. The van der Waals surface area contributed by atoms with Crippen LogP contribution < -0.4 is 15.4 Å². The summed E-state index contributed by atoms with van der Waals surface area (Å²) < 4.78 is 10.7. The monoisotopic (exact) mass is 304 g/mol. The minimum Gasteiger partial charge on any atom is -0.497 e. The van der Waals surface area contributed by atoms with E-state index in [0.29, 0.717) is 13.1 Å². The van der Waals surface area contributed by atoms with Crippen LogP contribution in [0.4, 0.5) is 4.79 Å². The number of carbonyl (C=O) groups is 1. The standard InChI is InChI=1S/C17H24N2O3/c1-21-14-6-4-13(5-7-14)17(8-9-17)12-19-16(20)18-11-15-3-2-10-22-15/h4-7,15H,2-3,8-12H2,1H3,(H2,18,19,20). The minimum atomic E-state index is -0.102. The average molecular weight is 304 g/mol. The predicted molar refractivity (Wildman–Crippen MR) is 84.3 cm³/mol. The molecule has 1 aromatic rings. The molecule has 3 rings (SSSR count). The van der Waals surface area contributed by atoms with E-state index < -0.39 is 0 Å². The molecule has 1 unspecified atom stereocenters. The van der Waals surface area contributed by atoms with Gasteiger partial charge in [0, 0.05) is 25.1 Å². The van der Waals surface area contributed by atoms with E-state index >= 15 is 0 Å². The molecule has 1 atom stereocenters. The molecule has 0 radical (unpaired) electrons. The predicted octanol–water partition coefficient (Wildman–Crippen LogP) is 2.20. The van der Waals surface area contributed by atoms with Gasteiger partial charge in [0.1, 0.15) is 5.75 Å². The number of nitrogens with one attached hydrogen (secondary N) is 2. The number of amides is 2. The van der Waals surface area contributed by atoms with Crippen LogP contribution in [0.2, 0.25) is 0 Å².